The molecule has 148 valence electrons. The fourth-order valence-corrected chi connectivity index (χ4v) is 4.39. The van der Waals surface area contributed by atoms with E-state index in [1.165, 1.54) is 12.1 Å². The molecule has 1 saturated heterocycles. The number of aliphatic imine (C=N–C) groups is 1. The van der Waals surface area contributed by atoms with E-state index < -0.39 is 0 Å². The monoisotopic (exact) mass is 392 g/mol. The molecule has 3 rings (SSSR count). The quantitative estimate of drug-likeness (QED) is 0.836. The lowest BCUT2D eigenvalue weighted by atomic mass is 10.1. The minimum Gasteiger partial charge on any atom is -0.354 e. The van der Waals surface area contributed by atoms with Crippen LogP contribution in [0.2, 0.25) is 0 Å². The molecule has 2 aliphatic rings. The molecule has 5 nitrogen and oxygen atoms in total. The summed E-state index contributed by atoms with van der Waals surface area (Å²) in [5.41, 5.74) is 1.02. The minimum absolute atomic E-state index is 0.0549. The second kappa shape index (κ2) is 8.61. The van der Waals surface area contributed by atoms with Gasteiger partial charge in [0.2, 0.25) is 5.91 Å². The van der Waals surface area contributed by atoms with E-state index >= 15 is 0 Å². The van der Waals surface area contributed by atoms with Crippen molar-refractivity contribution < 1.29 is 9.18 Å². The second-order valence-electron chi connectivity index (χ2n) is 7.83. The number of halogens is 1. The van der Waals surface area contributed by atoms with E-state index in [2.05, 4.69) is 34.0 Å². The van der Waals surface area contributed by atoms with Gasteiger partial charge in [0, 0.05) is 37.5 Å². The summed E-state index contributed by atoms with van der Waals surface area (Å²) in [6.45, 7) is 11.4. The lowest BCUT2D eigenvalue weighted by Crippen LogP contribution is -2.54. The van der Waals surface area contributed by atoms with Crippen LogP contribution in [0.1, 0.15) is 26.3 Å². The van der Waals surface area contributed by atoms with Crippen LogP contribution in [0.25, 0.3) is 0 Å². The fraction of sp³-hybridized carbons (Fsp3) is 0.600. The number of hydrogen-bond acceptors (Lipinski definition) is 5. The molecule has 0 spiro atoms. The maximum absolute atomic E-state index is 12.9. The Morgan fingerprint density at radius 2 is 1.93 bits per heavy atom. The van der Waals surface area contributed by atoms with Crippen LogP contribution < -0.4 is 5.32 Å². The number of rotatable bonds is 5. The molecule has 7 heteroatoms. The van der Waals surface area contributed by atoms with Crippen molar-refractivity contribution in [2.75, 3.05) is 39.3 Å². The highest BCUT2D eigenvalue weighted by Gasteiger charge is 2.33. The number of hydrogen-bond donors (Lipinski definition) is 1. The van der Waals surface area contributed by atoms with Gasteiger partial charge < -0.3 is 10.2 Å². The summed E-state index contributed by atoms with van der Waals surface area (Å²) in [6, 6.07) is 6.28. The molecule has 0 saturated carbocycles. The van der Waals surface area contributed by atoms with Crippen molar-refractivity contribution in [2.45, 2.75) is 38.0 Å². The third-order valence-electron chi connectivity index (χ3n) is 5.10. The van der Waals surface area contributed by atoms with Gasteiger partial charge in [-0.15, -0.1) is 0 Å². The summed E-state index contributed by atoms with van der Waals surface area (Å²) in [7, 11) is 0. The number of amidine groups is 1. The van der Waals surface area contributed by atoms with E-state index in [1.807, 2.05) is 18.7 Å². The van der Waals surface area contributed by atoms with E-state index in [0.717, 1.165) is 43.5 Å². The summed E-state index contributed by atoms with van der Waals surface area (Å²) in [4.78, 5) is 21.7. The third kappa shape index (κ3) is 5.45. The molecule has 1 aromatic carbocycles. The summed E-state index contributed by atoms with van der Waals surface area (Å²) in [5.74, 6) is -0.180. The van der Waals surface area contributed by atoms with E-state index in [1.54, 1.807) is 12.1 Å². The zero-order valence-corrected chi connectivity index (χ0v) is 17.2. The zero-order valence-electron chi connectivity index (χ0n) is 16.4. The summed E-state index contributed by atoms with van der Waals surface area (Å²) >= 11 is 1.85. The first-order valence-corrected chi connectivity index (χ1v) is 10.4. The molecule has 1 atom stereocenters. The van der Waals surface area contributed by atoms with Crippen molar-refractivity contribution >= 4 is 22.8 Å². The number of carbonyl (C=O) groups excluding carboxylic acids is 1. The Morgan fingerprint density at radius 3 is 2.52 bits per heavy atom. The lowest BCUT2D eigenvalue weighted by molar-refractivity contribution is -0.126. The standard InChI is InChI=1S/C20H29FN4OS/c1-15(18(26)22-9-8-16-4-6-17(21)7-5-16)24-10-12-25(13-11-24)19-23-14-20(2,3)27-19/h4-7,15H,8-14H2,1-3H3,(H,22,26)/t15-/m1/s1. The Bertz CT molecular complexity index is 684. The van der Waals surface area contributed by atoms with E-state index in [4.69, 9.17) is 0 Å². The zero-order chi connectivity index (χ0) is 19.4. The Labute approximate surface area is 165 Å². The van der Waals surface area contributed by atoms with Crippen molar-refractivity contribution in [3.05, 3.63) is 35.6 Å². The summed E-state index contributed by atoms with van der Waals surface area (Å²) in [6.07, 6.45) is 0.708. The number of benzene rings is 1. The Morgan fingerprint density at radius 1 is 1.26 bits per heavy atom. The van der Waals surface area contributed by atoms with Gasteiger partial charge in [-0.1, -0.05) is 23.9 Å². The maximum Gasteiger partial charge on any atom is 0.237 e. The van der Waals surface area contributed by atoms with E-state index in [-0.39, 0.29) is 22.5 Å². The van der Waals surface area contributed by atoms with Crippen molar-refractivity contribution in [1.29, 1.82) is 0 Å². The number of thioether (sulfide) groups is 1. The number of carbonyl (C=O) groups is 1. The summed E-state index contributed by atoms with van der Waals surface area (Å²) < 4.78 is 13.1. The highest BCUT2D eigenvalue weighted by Crippen LogP contribution is 2.33. The Balaban J connectivity index is 1.40. The minimum atomic E-state index is -0.235. The molecular formula is C20H29FN4OS. The van der Waals surface area contributed by atoms with Crippen LogP contribution in [0, 0.1) is 5.82 Å². The third-order valence-corrected chi connectivity index (χ3v) is 6.35. The van der Waals surface area contributed by atoms with Crippen LogP contribution in [0.5, 0.6) is 0 Å². The van der Waals surface area contributed by atoms with Crippen LogP contribution in [0.3, 0.4) is 0 Å². The first-order valence-electron chi connectivity index (χ1n) is 9.59. The molecule has 2 heterocycles. The molecule has 1 amide bonds. The highest BCUT2D eigenvalue weighted by atomic mass is 32.2. The predicted octanol–water partition coefficient (Wildman–Crippen LogP) is 2.37. The Kier molecular flexibility index (Phi) is 6.42. The number of nitrogens with one attached hydrogen (secondary N) is 1. The van der Waals surface area contributed by atoms with Crippen LogP contribution >= 0.6 is 11.8 Å². The largest absolute Gasteiger partial charge is 0.354 e. The molecule has 1 aromatic rings. The first kappa shape index (κ1) is 20.1. The van der Waals surface area contributed by atoms with Crippen molar-refractivity contribution in [3.63, 3.8) is 0 Å². The average Bonchev–Trinajstić information content (AvgIpc) is 3.02. The summed E-state index contributed by atoms with van der Waals surface area (Å²) in [5, 5.41) is 4.15. The fourth-order valence-electron chi connectivity index (χ4n) is 3.33. The van der Waals surface area contributed by atoms with Crippen LogP contribution in [-0.2, 0) is 11.2 Å². The van der Waals surface area contributed by atoms with Gasteiger partial charge >= 0.3 is 0 Å². The van der Waals surface area contributed by atoms with Gasteiger partial charge in [-0.3, -0.25) is 14.7 Å². The van der Waals surface area contributed by atoms with Gasteiger partial charge in [0.05, 0.1) is 12.6 Å². The molecule has 0 aromatic heterocycles. The van der Waals surface area contributed by atoms with Crippen LogP contribution in [0.15, 0.2) is 29.3 Å². The molecule has 2 aliphatic heterocycles. The molecule has 0 aliphatic carbocycles. The van der Waals surface area contributed by atoms with Gasteiger partial charge in [0.15, 0.2) is 5.17 Å². The average molecular weight is 393 g/mol. The van der Waals surface area contributed by atoms with E-state index in [0.29, 0.717) is 13.0 Å². The molecule has 0 unspecified atom stereocenters. The lowest BCUT2D eigenvalue weighted by Gasteiger charge is -2.38. The molecule has 0 bridgehead atoms. The van der Waals surface area contributed by atoms with Gasteiger partial charge in [-0.05, 0) is 44.9 Å². The van der Waals surface area contributed by atoms with Gasteiger partial charge in [-0.2, -0.15) is 0 Å². The molecule has 27 heavy (non-hydrogen) atoms. The molecule has 1 fully saturated rings. The SMILES string of the molecule is C[C@H](C(=O)NCCc1ccc(F)cc1)N1CCN(C2=NCC(C)(C)S2)CC1. The number of piperazine rings is 1. The van der Waals surface area contributed by atoms with Crippen LogP contribution in [-0.4, -0.2) is 70.9 Å². The van der Waals surface area contributed by atoms with Gasteiger partial charge in [-0.25, -0.2) is 4.39 Å². The van der Waals surface area contributed by atoms with E-state index in [9.17, 15) is 9.18 Å². The first-order chi connectivity index (χ1) is 12.8. The maximum atomic E-state index is 12.9. The normalized spacial score (nSPS) is 21.0. The van der Waals surface area contributed by atoms with Crippen LogP contribution in [0.4, 0.5) is 4.39 Å². The molecular weight excluding hydrogens is 363 g/mol. The molecule has 1 N–H and O–H groups in total. The van der Waals surface area contributed by atoms with Crippen molar-refractivity contribution in [3.8, 4) is 0 Å². The number of nitrogens with zero attached hydrogens (tertiary/aromatic N) is 3. The number of amides is 1. The smallest absolute Gasteiger partial charge is 0.237 e. The van der Waals surface area contributed by atoms with Crippen molar-refractivity contribution in [1.82, 2.24) is 15.1 Å². The van der Waals surface area contributed by atoms with Gasteiger partial charge in [0.1, 0.15) is 5.82 Å². The topological polar surface area (TPSA) is 47.9 Å². The van der Waals surface area contributed by atoms with Crippen molar-refractivity contribution in [2.24, 2.45) is 4.99 Å². The second-order valence-corrected chi connectivity index (χ2v) is 9.50. The Hall–Kier alpha value is -1.60. The molecule has 0 radical (unpaired) electrons. The highest BCUT2D eigenvalue weighted by molar-refractivity contribution is 8.15. The predicted molar refractivity (Wildman–Crippen MR) is 110 cm³/mol. The van der Waals surface area contributed by atoms with Gasteiger partial charge in [0.25, 0.3) is 0 Å².